The zero-order valence-electron chi connectivity index (χ0n) is 11.6. The van der Waals surface area contributed by atoms with Crippen LogP contribution in [-0.2, 0) is 0 Å². The number of rotatable bonds is 4. The van der Waals surface area contributed by atoms with Crippen molar-refractivity contribution >= 4 is 52.1 Å². The number of methoxy groups -OCH3 is 1. The molecule has 2 rings (SSSR count). The highest BCUT2D eigenvalue weighted by Crippen LogP contribution is 2.34. The molecular weight excluding hydrogens is 367 g/mol. The van der Waals surface area contributed by atoms with Gasteiger partial charge in [0.15, 0.2) is 5.75 Å². The lowest BCUT2D eigenvalue weighted by molar-refractivity contribution is -0.385. The second-order valence-electron chi connectivity index (χ2n) is 4.34. The Kier molecular flexibility index (Phi) is 5.30. The first kappa shape index (κ1) is 17.3. The van der Waals surface area contributed by atoms with Gasteiger partial charge in [0.2, 0.25) is 0 Å². The molecule has 0 saturated carbocycles. The minimum atomic E-state index is -0.641. The highest BCUT2D eigenvalue weighted by Gasteiger charge is 2.19. The van der Waals surface area contributed by atoms with Crippen molar-refractivity contribution in [3.8, 4) is 5.75 Å². The van der Waals surface area contributed by atoms with E-state index in [1.165, 1.54) is 31.4 Å². The van der Waals surface area contributed by atoms with E-state index < -0.39 is 10.8 Å². The maximum absolute atomic E-state index is 12.3. The maximum atomic E-state index is 12.3. The van der Waals surface area contributed by atoms with Crippen LogP contribution >= 0.6 is 34.8 Å². The highest BCUT2D eigenvalue weighted by atomic mass is 35.5. The summed E-state index contributed by atoms with van der Waals surface area (Å²) in [4.78, 5) is 22.6. The third kappa shape index (κ3) is 3.85. The molecule has 0 heterocycles. The van der Waals surface area contributed by atoms with Crippen molar-refractivity contribution in [2.45, 2.75) is 0 Å². The molecule has 0 atom stereocenters. The Morgan fingerprint density at radius 1 is 1.17 bits per heavy atom. The first-order chi connectivity index (χ1) is 10.8. The average Bonchev–Trinajstić information content (AvgIpc) is 2.49. The number of anilines is 1. The molecule has 23 heavy (non-hydrogen) atoms. The van der Waals surface area contributed by atoms with E-state index >= 15 is 0 Å². The highest BCUT2D eigenvalue weighted by molar-refractivity contribution is 6.42. The van der Waals surface area contributed by atoms with Crippen LogP contribution in [0, 0.1) is 10.1 Å². The molecule has 0 aliphatic rings. The van der Waals surface area contributed by atoms with Gasteiger partial charge in [0.05, 0.1) is 27.8 Å². The van der Waals surface area contributed by atoms with Crippen LogP contribution in [0.3, 0.4) is 0 Å². The quantitative estimate of drug-likeness (QED) is 0.614. The molecule has 1 amide bonds. The predicted molar refractivity (Wildman–Crippen MR) is 89.1 cm³/mol. The van der Waals surface area contributed by atoms with Crippen molar-refractivity contribution in [2.75, 3.05) is 12.4 Å². The van der Waals surface area contributed by atoms with Gasteiger partial charge in [-0.2, -0.15) is 0 Å². The number of benzene rings is 2. The standard InChI is InChI=1S/C14H9Cl3N2O4/c1-23-12-3-2-7(4-11(12)19(21)22)14(20)18-13-9(16)5-8(15)6-10(13)17/h2-6H,1H3,(H,18,20). The van der Waals surface area contributed by atoms with Crippen molar-refractivity contribution < 1.29 is 14.5 Å². The van der Waals surface area contributed by atoms with E-state index in [1.807, 2.05) is 0 Å². The molecule has 0 unspecified atom stereocenters. The SMILES string of the molecule is COc1ccc(C(=O)Nc2c(Cl)cc(Cl)cc2Cl)cc1[N+](=O)[O-]. The smallest absolute Gasteiger partial charge is 0.311 e. The van der Waals surface area contributed by atoms with Gasteiger partial charge in [-0.25, -0.2) is 0 Å². The van der Waals surface area contributed by atoms with Crippen molar-refractivity contribution in [3.05, 3.63) is 61.1 Å². The second kappa shape index (κ2) is 7.04. The molecule has 2 aromatic rings. The second-order valence-corrected chi connectivity index (χ2v) is 5.59. The van der Waals surface area contributed by atoms with E-state index in [0.717, 1.165) is 6.07 Å². The fourth-order valence-corrected chi connectivity index (χ4v) is 2.73. The van der Waals surface area contributed by atoms with Crippen LogP contribution in [0.15, 0.2) is 30.3 Å². The number of nitro benzene ring substituents is 1. The van der Waals surface area contributed by atoms with Gasteiger partial charge in [-0.1, -0.05) is 34.8 Å². The molecule has 6 nitrogen and oxygen atoms in total. The molecule has 0 aliphatic heterocycles. The van der Waals surface area contributed by atoms with Crippen LogP contribution in [0.4, 0.5) is 11.4 Å². The average molecular weight is 376 g/mol. The molecular formula is C14H9Cl3N2O4. The van der Waals surface area contributed by atoms with Gasteiger partial charge in [0.25, 0.3) is 5.91 Å². The first-order valence-electron chi connectivity index (χ1n) is 6.11. The van der Waals surface area contributed by atoms with E-state index in [1.54, 1.807) is 0 Å². The van der Waals surface area contributed by atoms with E-state index in [4.69, 9.17) is 39.5 Å². The summed E-state index contributed by atoms with van der Waals surface area (Å²) in [6.07, 6.45) is 0. The van der Waals surface area contributed by atoms with Gasteiger partial charge in [-0.05, 0) is 24.3 Å². The molecule has 9 heteroatoms. The zero-order valence-corrected chi connectivity index (χ0v) is 13.9. The van der Waals surface area contributed by atoms with Crippen LogP contribution in [0.5, 0.6) is 5.75 Å². The van der Waals surface area contributed by atoms with Gasteiger partial charge < -0.3 is 10.1 Å². The Labute approximate surface area is 146 Å². The van der Waals surface area contributed by atoms with Crippen molar-refractivity contribution in [3.63, 3.8) is 0 Å². The number of halogens is 3. The van der Waals surface area contributed by atoms with E-state index in [0.29, 0.717) is 5.02 Å². The fourth-order valence-electron chi connectivity index (χ4n) is 1.82. The Hall–Kier alpha value is -2.02. The van der Waals surface area contributed by atoms with E-state index in [2.05, 4.69) is 5.32 Å². The number of nitrogens with one attached hydrogen (secondary N) is 1. The Bertz CT molecular complexity index is 773. The van der Waals surface area contributed by atoms with Gasteiger partial charge in [-0.3, -0.25) is 14.9 Å². The van der Waals surface area contributed by atoms with E-state index in [-0.39, 0.29) is 32.7 Å². The minimum Gasteiger partial charge on any atom is -0.490 e. The molecule has 0 aliphatic carbocycles. The minimum absolute atomic E-state index is 0.0501. The van der Waals surface area contributed by atoms with Crippen molar-refractivity contribution in [2.24, 2.45) is 0 Å². The fraction of sp³-hybridized carbons (Fsp3) is 0.0714. The van der Waals surface area contributed by atoms with Crippen LogP contribution < -0.4 is 10.1 Å². The summed E-state index contributed by atoms with van der Waals surface area (Å²) in [5, 5.41) is 14.1. The monoisotopic (exact) mass is 374 g/mol. The lowest BCUT2D eigenvalue weighted by Crippen LogP contribution is -2.13. The molecule has 2 aromatic carbocycles. The van der Waals surface area contributed by atoms with Gasteiger partial charge in [0.1, 0.15) is 0 Å². The van der Waals surface area contributed by atoms with E-state index in [9.17, 15) is 14.9 Å². The first-order valence-corrected chi connectivity index (χ1v) is 7.25. The van der Waals surface area contributed by atoms with Crippen LogP contribution in [0.25, 0.3) is 0 Å². The summed E-state index contributed by atoms with van der Waals surface area (Å²) < 4.78 is 4.88. The van der Waals surface area contributed by atoms with Crippen LogP contribution in [-0.4, -0.2) is 17.9 Å². The molecule has 0 bridgehead atoms. The Morgan fingerprint density at radius 3 is 2.30 bits per heavy atom. The molecule has 1 N–H and O–H groups in total. The maximum Gasteiger partial charge on any atom is 0.311 e. The number of carbonyl (C=O) groups excluding carboxylic acids is 1. The third-order valence-electron chi connectivity index (χ3n) is 2.88. The summed E-state index contributed by atoms with van der Waals surface area (Å²) in [5.74, 6) is -0.559. The lowest BCUT2D eigenvalue weighted by Gasteiger charge is -2.10. The summed E-state index contributed by atoms with van der Waals surface area (Å²) in [6.45, 7) is 0. The number of hydrogen-bond donors (Lipinski definition) is 1. The van der Waals surface area contributed by atoms with Gasteiger partial charge in [-0.15, -0.1) is 0 Å². The number of ether oxygens (including phenoxy) is 1. The van der Waals surface area contributed by atoms with Crippen LogP contribution in [0.2, 0.25) is 15.1 Å². The Balaban J connectivity index is 2.35. The number of hydrogen-bond acceptors (Lipinski definition) is 4. The molecule has 0 saturated heterocycles. The molecule has 0 spiro atoms. The van der Waals surface area contributed by atoms with Crippen LogP contribution in [0.1, 0.15) is 10.4 Å². The number of amides is 1. The lowest BCUT2D eigenvalue weighted by atomic mass is 10.1. The summed E-state index contributed by atoms with van der Waals surface area (Å²) in [6, 6.07) is 6.66. The van der Waals surface area contributed by atoms with Gasteiger partial charge >= 0.3 is 5.69 Å². The number of nitrogens with zero attached hydrogens (tertiary/aromatic N) is 1. The predicted octanol–water partition coefficient (Wildman–Crippen LogP) is 4.82. The molecule has 0 fully saturated rings. The summed E-state index contributed by atoms with van der Waals surface area (Å²) >= 11 is 17.8. The third-order valence-corrected chi connectivity index (χ3v) is 3.70. The summed E-state index contributed by atoms with van der Waals surface area (Å²) in [5.41, 5.74) is -0.103. The molecule has 0 aromatic heterocycles. The topological polar surface area (TPSA) is 81.5 Å². The number of nitro groups is 1. The van der Waals surface area contributed by atoms with Crippen molar-refractivity contribution in [1.29, 1.82) is 0 Å². The zero-order chi connectivity index (χ0) is 17.1. The molecule has 120 valence electrons. The summed E-state index contributed by atoms with van der Waals surface area (Å²) in [7, 11) is 1.30. The Morgan fingerprint density at radius 2 is 1.78 bits per heavy atom. The number of carbonyl (C=O) groups is 1. The largest absolute Gasteiger partial charge is 0.490 e. The molecule has 0 radical (unpaired) electrons. The normalized spacial score (nSPS) is 10.3. The van der Waals surface area contributed by atoms with Gasteiger partial charge in [0, 0.05) is 16.7 Å². The van der Waals surface area contributed by atoms with Crippen molar-refractivity contribution in [1.82, 2.24) is 0 Å².